The van der Waals surface area contributed by atoms with Gasteiger partial charge in [0.1, 0.15) is 0 Å². The first-order valence-electron chi connectivity index (χ1n) is 2.23. The number of aliphatic carboxylic acids is 1. The van der Waals surface area contributed by atoms with Crippen LogP contribution in [0.5, 0.6) is 0 Å². The van der Waals surface area contributed by atoms with Crippen LogP contribution < -0.4 is 18.5 Å². The lowest BCUT2D eigenvalue weighted by Gasteiger charge is -1.88. The van der Waals surface area contributed by atoms with E-state index in [-0.39, 0.29) is 25.0 Å². The smallest absolute Gasteiger partial charge is 0.317 e. The fourth-order valence-electron chi connectivity index (χ4n) is 0.420. The third kappa shape index (κ3) is 7.31. The Balaban J connectivity index is -0.000000163. The summed E-state index contributed by atoms with van der Waals surface area (Å²) in [6.07, 6.45) is 0. The molecule has 1 heterocycles. The van der Waals surface area contributed by atoms with Crippen LogP contribution in [0.1, 0.15) is 0 Å². The van der Waals surface area contributed by atoms with Crippen LogP contribution in [0, 0.1) is 0 Å². The third-order valence-electron chi connectivity index (χ3n) is 0.899. The van der Waals surface area contributed by atoms with E-state index in [0.717, 1.165) is 13.1 Å². The van der Waals surface area contributed by atoms with Crippen LogP contribution in [0.4, 0.5) is 0 Å². The molecule has 0 aromatic heterocycles. The molecule has 10 heavy (non-hydrogen) atoms. The summed E-state index contributed by atoms with van der Waals surface area (Å²) in [5, 5.41) is 8.08. The van der Waals surface area contributed by atoms with Gasteiger partial charge >= 0.3 is 5.97 Å². The molecule has 1 fully saturated rings. The van der Waals surface area contributed by atoms with Gasteiger partial charge in [-0.25, -0.2) is 0 Å². The summed E-state index contributed by atoms with van der Waals surface area (Å²) < 4.78 is 0. The second-order valence-corrected chi connectivity index (χ2v) is 1.67. The van der Waals surface area contributed by atoms with Gasteiger partial charge in [-0.05, 0) is 0 Å². The number of carboxylic acids is 1. The van der Waals surface area contributed by atoms with Crippen molar-refractivity contribution in [3.63, 3.8) is 0 Å². The van der Waals surface area contributed by atoms with Gasteiger partial charge in [0.15, 0.2) is 0 Å². The Bertz CT molecular complexity index is 93.3. The van der Waals surface area contributed by atoms with E-state index >= 15 is 0 Å². The molecule has 0 atom stereocenters. The first-order valence-corrected chi connectivity index (χ1v) is 2.23. The minimum Gasteiger partial charge on any atom is -0.480 e. The van der Waals surface area contributed by atoms with Gasteiger partial charge in [-0.3, -0.25) is 9.69 Å². The lowest BCUT2D eigenvalue weighted by Crippen LogP contribution is -2.10. The summed E-state index contributed by atoms with van der Waals surface area (Å²) >= 11 is 0. The SMILES string of the molecule is N.N.N.O=C(O)CN1CC1. The van der Waals surface area contributed by atoms with Crippen molar-refractivity contribution in [1.29, 1.82) is 0 Å². The summed E-state index contributed by atoms with van der Waals surface area (Å²) in [5.74, 6) is -0.725. The van der Waals surface area contributed by atoms with Crippen molar-refractivity contribution in [2.75, 3.05) is 19.6 Å². The summed E-state index contributed by atoms with van der Waals surface area (Å²) in [6.45, 7) is 2.15. The Hall–Kier alpha value is -0.690. The van der Waals surface area contributed by atoms with Gasteiger partial charge in [-0.15, -0.1) is 0 Å². The van der Waals surface area contributed by atoms with Crippen LogP contribution in [-0.4, -0.2) is 35.6 Å². The first kappa shape index (κ1) is 16.1. The van der Waals surface area contributed by atoms with Crippen LogP contribution in [0.3, 0.4) is 0 Å². The van der Waals surface area contributed by atoms with Gasteiger partial charge in [-0.2, -0.15) is 0 Å². The Labute approximate surface area is 60.0 Å². The minimum absolute atomic E-state index is 0. The molecule has 0 aliphatic carbocycles. The zero-order chi connectivity index (χ0) is 5.28. The van der Waals surface area contributed by atoms with Crippen molar-refractivity contribution in [1.82, 2.24) is 23.4 Å². The number of rotatable bonds is 2. The predicted octanol–water partition coefficient (Wildman–Crippen LogP) is -0.127. The van der Waals surface area contributed by atoms with Gasteiger partial charge in [0, 0.05) is 13.1 Å². The molecule has 0 bridgehead atoms. The van der Waals surface area contributed by atoms with Gasteiger partial charge in [0.2, 0.25) is 0 Å². The quantitative estimate of drug-likeness (QED) is 0.405. The number of nitrogens with zero attached hydrogens (tertiary/aromatic N) is 1. The zero-order valence-electron chi connectivity index (χ0n) is 6.05. The van der Waals surface area contributed by atoms with Crippen LogP contribution in [0.25, 0.3) is 0 Å². The normalized spacial score (nSPS) is 13.6. The Morgan fingerprint density at radius 2 is 1.70 bits per heavy atom. The molecule has 0 aromatic carbocycles. The average molecular weight is 152 g/mol. The van der Waals surface area contributed by atoms with E-state index < -0.39 is 5.97 Å². The second kappa shape index (κ2) is 6.43. The number of hydrogen-bond acceptors (Lipinski definition) is 5. The topological polar surface area (TPSA) is 145 Å². The van der Waals surface area contributed by atoms with Gasteiger partial charge in [0.25, 0.3) is 0 Å². The molecule has 0 saturated carbocycles. The van der Waals surface area contributed by atoms with Crippen molar-refractivity contribution in [2.45, 2.75) is 0 Å². The maximum Gasteiger partial charge on any atom is 0.317 e. The molecule has 0 unspecified atom stereocenters. The van der Waals surface area contributed by atoms with Crippen molar-refractivity contribution in [3.8, 4) is 0 Å². The van der Waals surface area contributed by atoms with E-state index in [9.17, 15) is 4.79 Å². The highest BCUT2D eigenvalue weighted by Crippen LogP contribution is 1.99. The maximum absolute atomic E-state index is 9.81. The molecule has 6 nitrogen and oxygen atoms in total. The molecule has 1 saturated heterocycles. The molecular formula is C4H16N4O2. The molecule has 0 aromatic rings. The van der Waals surface area contributed by atoms with E-state index in [1.165, 1.54) is 0 Å². The van der Waals surface area contributed by atoms with Crippen LogP contribution in [0.15, 0.2) is 0 Å². The molecule has 6 heteroatoms. The van der Waals surface area contributed by atoms with E-state index in [4.69, 9.17) is 5.11 Å². The highest BCUT2D eigenvalue weighted by molar-refractivity contribution is 5.69. The second-order valence-electron chi connectivity index (χ2n) is 1.67. The average Bonchev–Trinajstić information content (AvgIpc) is 2.17. The number of carbonyl (C=O) groups is 1. The van der Waals surface area contributed by atoms with E-state index in [0.29, 0.717) is 0 Å². The molecule has 0 amide bonds. The summed E-state index contributed by atoms with van der Waals surface area (Å²) in [6, 6.07) is 0. The Morgan fingerprint density at radius 1 is 1.30 bits per heavy atom. The minimum atomic E-state index is -0.725. The van der Waals surface area contributed by atoms with Gasteiger partial charge in [-0.1, -0.05) is 0 Å². The van der Waals surface area contributed by atoms with Crippen molar-refractivity contribution < 1.29 is 9.90 Å². The highest BCUT2D eigenvalue weighted by atomic mass is 16.4. The Morgan fingerprint density at radius 3 is 1.80 bits per heavy atom. The largest absolute Gasteiger partial charge is 0.480 e. The van der Waals surface area contributed by atoms with Gasteiger partial charge in [0.05, 0.1) is 6.54 Å². The monoisotopic (exact) mass is 152 g/mol. The van der Waals surface area contributed by atoms with Crippen LogP contribution in [-0.2, 0) is 4.79 Å². The van der Waals surface area contributed by atoms with Crippen LogP contribution >= 0.6 is 0 Å². The number of hydrogen-bond donors (Lipinski definition) is 4. The Kier molecular flexibility index (Phi) is 10.4. The molecule has 64 valence electrons. The fraction of sp³-hybridized carbons (Fsp3) is 0.750. The molecule has 1 aliphatic rings. The summed E-state index contributed by atoms with van der Waals surface area (Å²) in [5.41, 5.74) is 0. The lowest BCUT2D eigenvalue weighted by molar-refractivity contribution is -0.136. The molecule has 0 spiro atoms. The highest BCUT2D eigenvalue weighted by Gasteiger charge is 2.19. The van der Waals surface area contributed by atoms with Crippen molar-refractivity contribution in [2.24, 2.45) is 0 Å². The molecule has 0 radical (unpaired) electrons. The van der Waals surface area contributed by atoms with E-state index in [2.05, 4.69) is 0 Å². The summed E-state index contributed by atoms with van der Waals surface area (Å²) in [7, 11) is 0. The fourth-order valence-corrected chi connectivity index (χ4v) is 0.420. The zero-order valence-corrected chi connectivity index (χ0v) is 6.05. The van der Waals surface area contributed by atoms with E-state index in [1.54, 1.807) is 0 Å². The van der Waals surface area contributed by atoms with Crippen molar-refractivity contribution >= 4 is 5.97 Å². The van der Waals surface area contributed by atoms with E-state index in [1.807, 2.05) is 4.90 Å². The van der Waals surface area contributed by atoms with Crippen LogP contribution in [0.2, 0.25) is 0 Å². The molecule has 10 N–H and O–H groups in total. The van der Waals surface area contributed by atoms with Crippen molar-refractivity contribution in [3.05, 3.63) is 0 Å². The lowest BCUT2D eigenvalue weighted by atomic mass is 10.7. The standard InChI is InChI=1S/C4H7NO2.3H3N/c6-4(7)3-5-1-2-5;;;/h1-3H2,(H,6,7);3*1H3. The molecule has 1 aliphatic heterocycles. The summed E-state index contributed by atoms with van der Waals surface area (Å²) in [4.78, 5) is 11.7. The van der Waals surface area contributed by atoms with Gasteiger partial charge < -0.3 is 23.6 Å². The third-order valence-corrected chi connectivity index (χ3v) is 0.899. The first-order chi connectivity index (χ1) is 3.29. The molecular weight excluding hydrogens is 136 g/mol. The maximum atomic E-state index is 9.81. The number of carboxylic acid groups (broad SMARTS) is 1. The molecule has 1 rings (SSSR count). The predicted molar refractivity (Wildman–Crippen MR) is 39.1 cm³/mol.